The molecule has 2 aliphatic rings. The number of rotatable bonds is 5. The summed E-state index contributed by atoms with van der Waals surface area (Å²) in [7, 11) is -3.71. The van der Waals surface area contributed by atoms with Gasteiger partial charge in [0.25, 0.3) is 5.91 Å². The third-order valence-electron chi connectivity index (χ3n) is 5.39. The third kappa shape index (κ3) is 4.95. The average molecular weight is 481 g/mol. The largest absolute Gasteiger partial charge is 0.490 e. The van der Waals surface area contributed by atoms with Crippen molar-refractivity contribution in [3.05, 3.63) is 47.0 Å². The van der Waals surface area contributed by atoms with Crippen LogP contribution in [-0.4, -0.2) is 69.5 Å². The molecule has 0 saturated carbocycles. The Labute approximate surface area is 192 Å². The second-order valence-corrected chi connectivity index (χ2v) is 10.0. The maximum atomic E-state index is 13.1. The van der Waals surface area contributed by atoms with Gasteiger partial charge < -0.3 is 19.1 Å². The van der Waals surface area contributed by atoms with Gasteiger partial charge in [-0.3, -0.25) is 4.79 Å². The zero-order chi connectivity index (χ0) is 22.7. The lowest BCUT2D eigenvalue weighted by Crippen LogP contribution is -2.51. The van der Waals surface area contributed by atoms with Crippen LogP contribution in [0.5, 0.6) is 17.2 Å². The van der Waals surface area contributed by atoms with Gasteiger partial charge in [-0.05, 0) is 36.8 Å². The van der Waals surface area contributed by atoms with Crippen molar-refractivity contribution in [2.75, 3.05) is 46.0 Å². The molecule has 4 rings (SSSR count). The van der Waals surface area contributed by atoms with E-state index in [9.17, 15) is 13.2 Å². The van der Waals surface area contributed by atoms with Crippen molar-refractivity contribution < 1.29 is 27.4 Å². The van der Waals surface area contributed by atoms with Gasteiger partial charge in [0.05, 0.1) is 23.1 Å². The first-order chi connectivity index (χ1) is 15.3. The van der Waals surface area contributed by atoms with Crippen LogP contribution in [0.25, 0.3) is 0 Å². The van der Waals surface area contributed by atoms with E-state index in [1.807, 2.05) is 13.0 Å². The van der Waals surface area contributed by atoms with Crippen LogP contribution >= 0.6 is 11.6 Å². The highest BCUT2D eigenvalue weighted by Gasteiger charge is 2.31. The molecular formula is C22H25ClN2O6S. The van der Waals surface area contributed by atoms with E-state index < -0.39 is 10.0 Å². The normalized spacial score (nSPS) is 17.0. The molecular weight excluding hydrogens is 456 g/mol. The minimum absolute atomic E-state index is 0.152. The predicted octanol–water partition coefficient (Wildman–Crippen LogP) is 2.72. The summed E-state index contributed by atoms with van der Waals surface area (Å²) in [6.07, 6.45) is 0.743. The summed E-state index contributed by atoms with van der Waals surface area (Å²) in [6, 6.07) is 10.0. The van der Waals surface area contributed by atoms with Crippen molar-refractivity contribution in [1.82, 2.24) is 9.21 Å². The van der Waals surface area contributed by atoms with Gasteiger partial charge in [0.1, 0.15) is 5.75 Å². The van der Waals surface area contributed by atoms with Crippen molar-refractivity contribution in [3.8, 4) is 17.2 Å². The number of benzene rings is 2. The summed E-state index contributed by atoms with van der Waals surface area (Å²) in [6.45, 7) is 3.75. The van der Waals surface area contributed by atoms with Gasteiger partial charge in [0, 0.05) is 38.7 Å². The molecule has 0 spiro atoms. The Bertz CT molecular complexity index is 1100. The topological polar surface area (TPSA) is 85.4 Å². The minimum atomic E-state index is -3.71. The van der Waals surface area contributed by atoms with E-state index in [1.54, 1.807) is 23.1 Å². The van der Waals surface area contributed by atoms with Gasteiger partial charge in [-0.25, -0.2) is 8.42 Å². The second kappa shape index (κ2) is 9.56. The molecule has 32 heavy (non-hydrogen) atoms. The molecule has 1 fully saturated rings. The first-order valence-electron chi connectivity index (χ1n) is 10.4. The Balaban J connectivity index is 1.36. The molecule has 0 aromatic heterocycles. The molecule has 0 bridgehead atoms. The Morgan fingerprint density at radius 3 is 2.50 bits per heavy atom. The summed E-state index contributed by atoms with van der Waals surface area (Å²) < 4.78 is 44.4. The van der Waals surface area contributed by atoms with Crippen molar-refractivity contribution in [2.24, 2.45) is 0 Å². The zero-order valence-electron chi connectivity index (χ0n) is 17.8. The van der Waals surface area contributed by atoms with Gasteiger partial charge in [0.15, 0.2) is 18.1 Å². The number of sulfonamides is 1. The Morgan fingerprint density at radius 2 is 1.75 bits per heavy atom. The standard InChI is InChI=1S/C22H25ClN2O6S/c1-16-3-5-18(23)20(13-16)31-15-22(26)24-7-9-25(10-8-24)32(27,28)17-4-6-19-21(14-17)30-12-2-11-29-19/h3-6,13-14H,2,7-12,15H2,1H3. The number of ether oxygens (including phenoxy) is 3. The second-order valence-electron chi connectivity index (χ2n) is 7.67. The quantitative estimate of drug-likeness (QED) is 0.654. The molecule has 1 saturated heterocycles. The lowest BCUT2D eigenvalue weighted by molar-refractivity contribution is -0.134. The fraction of sp³-hybridized carbons (Fsp3) is 0.409. The zero-order valence-corrected chi connectivity index (χ0v) is 19.3. The lowest BCUT2D eigenvalue weighted by Gasteiger charge is -2.34. The number of piperazine rings is 1. The van der Waals surface area contributed by atoms with E-state index in [0.29, 0.717) is 35.5 Å². The number of hydrogen-bond acceptors (Lipinski definition) is 6. The van der Waals surface area contributed by atoms with Crippen molar-refractivity contribution in [1.29, 1.82) is 0 Å². The van der Waals surface area contributed by atoms with Crippen molar-refractivity contribution >= 4 is 27.5 Å². The van der Waals surface area contributed by atoms with Gasteiger partial charge in [0.2, 0.25) is 10.0 Å². The van der Waals surface area contributed by atoms with E-state index in [0.717, 1.165) is 12.0 Å². The number of amides is 1. The van der Waals surface area contributed by atoms with E-state index in [1.165, 1.54) is 16.4 Å². The molecule has 0 unspecified atom stereocenters. The van der Waals surface area contributed by atoms with Crippen LogP contribution in [-0.2, 0) is 14.8 Å². The van der Waals surface area contributed by atoms with E-state index in [2.05, 4.69) is 0 Å². The van der Waals surface area contributed by atoms with Gasteiger partial charge in [-0.1, -0.05) is 17.7 Å². The van der Waals surface area contributed by atoms with E-state index in [4.69, 9.17) is 25.8 Å². The first kappa shape index (κ1) is 22.7. The highest BCUT2D eigenvalue weighted by molar-refractivity contribution is 7.89. The molecule has 0 radical (unpaired) electrons. The molecule has 172 valence electrons. The van der Waals surface area contributed by atoms with Gasteiger partial charge in [-0.15, -0.1) is 0 Å². The number of carbonyl (C=O) groups excluding carboxylic acids is 1. The number of aryl methyl sites for hydroxylation is 1. The molecule has 1 amide bonds. The van der Waals surface area contributed by atoms with Gasteiger partial charge in [-0.2, -0.15) is 4.31 Å². The molecule has 2 aromatic carbocycles. The number of fused-ring (bicyclic) bond motifs is 1. The summed E-state index contributed by atoms with van der Waals surface area (Å²) in [5, 5.41) is 0.439. The van der Waals surface area contributed by atoms with Crippen LogP contribution in [0.15, 0.2) is 41.3 Å². The molecule has 8 nitrogen and oxygen atoms in total. The van der Waals surface area contributed by atoms with Crippen LogP contribution in [0, 0.1) is 6.92 Å². The van der Waals surface area contributed by atoms with Crippen molar-refractivity contribution in [3.63, 3.8) is 0 Å². The molecule has 0 atom stereocenters. The molecule has 10 heteroatoms. The van der Waals surface area contributed by atoms with Crippen LogP contribution < -0.4 is 14.2 Å². The Kier molecular flexibility index (Phi) is 6.78. The number of nitrogens with zero attached hydrogens (tertiary/aromatic N) is 2. The lowest BCUT2D eigenvalue weighted by atomic mass is 10.2. The Morgan fingerprint density at radius 1 is 1.03 bits per heavy atom. The monoisotopic (exact) mass is 480 g/mol. The van der Waals surface area contributed by atoms with Crippen LogP contribution in [0.2, 0.25) is 5.02 Å². The number of hydrogen-bond donors (Lipinski definition) is 0. The maximum absolute atomic E-state index is 13.1. The smallest absolute Gasteiger partial charge is 0.260 e. The summed E-state index contributed by atoms with van der Waals surface area (Å²) in [4.78, 5) is 14.3. The molecule has 2 aromatic rings. The molecule has 2 aliphatic heterocycles. The Hall–Kier alpha value is -2.49. The van der Waals surface area contributed by atoms with Gasteiger partial charge >= 0.3 is 0 Å². The fourth-order valence-electron chi connectivity index (χ4n) is 3.58. The van der Waals surface area contributed by atoms with Crippen LogP contribution in [0.4, 0.5) is 0 Å². The first-order valence-corrected chi connectivity index (χ1v) is 12.2. The summed E-state index contributed by atoms with van der Waals surface area (Å²) >= 11 is 6.11. The summed E-state index contributed by atoms with van der Waals surface area (Å²) in [5.41, 5.74) is 0.977. The molecule has 0 N–H and O–H groups in total. The third-order valence-corrected chi connectivity index (χ3v) is 7.59. The van der Waals surface area contributed by atoms with Crippen LogP contribution in [0.3, 0.4) is 0 Å². The average Bonchev–Trinajstić information content (AvgIpc) is 3.04. The molecule has 2 heterocycles. The van der Waals surface area contributed by atoms with Crippen molar-refractivity contribution in [2.45, 2.75) is 18.2 Å². The minimum Gasteiger partial charge on any atom is -0.490 e. The fourth-order valence-corrected chi connectivity index (χ4v) is 5.19. The number of halogens is 1. The van der Waals surface area contributed by atoms with E-state index >= 15 is 0 Å². The highest BCUT2D eigenvalue weighted by Crippen LogP contribution is 2.33. The van der Waals surface area contributed by atoms with Crippen LogP contribution in [0.1, 0.15) is 12.0 Å². The predicted molar refractivity (Wildman–Crippen MR) is 119 cm³/mol. The SMILES string of the molecule is Cc1ccc(Cl)c(OCC(=O)N2CCN(S(=O)(=O)c3ccc4c(c3)OCCCO4)CC2)c1. The molecule has 0 aliphatic carbocycles. The maximum Gasteiger partial charge on any atom is 0.260 e. The summed E-state index contributed by atoms with van der Waals surface area (Å²) in [5.74, 6) is 1.22. The van der Waals surface area contributed by atoms with E-state index in [-0.39, 0.29) is 43.6 Å². The number of carbonyl (C=O) groups is 1. The highest BCUT2D eigenvalue weighted by atomic mass is 35.5.